The van der Waals surface area contributed by atoms with E-state index in [1.165, 1.54) is 0 Å². The van der Waals surface area contributed by atoms with Gasteiger partial charge in [-0.15, -0.1) is 0 Å². The Labute approximate surface area is 118 Å². The number of para-hydroxylation sites is 1. The number of rotatable bonds is 5. The quantitative estimate of drug-likeness (QED) is 0.815. The number of nitrogen functional groups attached to an aromatic ring is 1. The molecular weight excluding hydrogens is 252 g/mol. The van der Waals surface area contributed by atoms with Crippen LogP contribution in [0.25, 0.3) is 0 Å². The fourth-order valence-corrected chi connectivity index (χ4v) is 2.04. The van der Waals surface area contributed by atoms with Crippen LogP contribution in [0, 0.1) is 0 Å². The number of hydrogen-bond donors (Lipinski definition) is 2. The van der Waals surface area contributed by atoms with Crippen LogP contribution in [0.3, 0.4) is 0 Å². The van der Waals surface area contributed by atoms with E-state index >= 15 is 0 Å². The standard InChI is InChI=1S/C16H18N2O2/c17-15-9-5-4-8-14(15)16(20)18(10-11-19)12-13-6-2-1-3-7-13/h1-9,19H,10-12,17H2. The summed E-state index contributed by atoms with van der Waals surface area (Å²) in [6.45, 7) is 0.655. The van der Waals surface area contributed by atoms with Gasteiger partial charge in [-0.1, -0.05) is 42.5 Å². The van der Waals surface area contributed by atoms with Crippen LogP contribution in [-0.2, 0) is 6.54 Å². The van der Waals surface area contributed by atoms with Crippen molar-refractivity contribution in [2.45, 2.75) is 6.54 Å². The molecule has 0 atom stereocenters. The smallest absolute Gasteiger partial charge is 0.256 e. The zero-order valence-corrected chi connectivity index (χ0v) is 11.2. The van der Waals surface area contributed by atoms with Crippen molar-refractivity contribution in [3.63, 3.8) is 0 Å². The van der Waals surface area contributed by atoms with Gasteiger partial charge in [0.15, 0.2) is 0 Å². The molecule has 1 amide bonds. The Morgan fingerprint density at radius 1 is 1.05 bits per heavy atom. The molecule has 104 valence electrons. The van der Waals surface area contributed by atoms with E-state index in [4.69, 9.17) is 10.8 Å². The monoisotopic (exact) mass is 270 g/mol. The average Bonchev–Trinajstić information content (AvgIpc) is 2.48. The lowest BCUT2D eigenvalue weighted by atomic mass is 10.1. The minimum Gasteiger partial charge on any atom is -0.398 e. The third kappa shape index (κ3) is 3.36. The van der Waals surface area contributed by atoms with Crippen LogP contribution in [0.15, 0.2) is 54.6 Å². The summed E-state index contributed by atoms with van der Waals surface area (Å²) < 4.78 is 0. The van der Waals surface area contributed by atoms with Gasteiger partial charge in [0.2, 0.25) is 0 Å². The molecule has 0 radical (unpaired) electrons. The molecule has 4 heteroatoms. The molecule has 0 saturated heterocycles. The lowest BCUT2D eigenvalue weighted by molar-refractivity contribution is 0.0709. The van der Waals surface area contributed by atoms with E-state index in [1.54, 1.807) is 29.2 Å². The Morgan fingerprint density at radius 2 is 1.70 bits per heavy atom. The van der Waals surface area contributed by atoms with Crippen molar-refractivity contribution in [1.82, 2.24) is 4.90 Å². The van der Waals surface area contributed by atoms with Gasteiger partial charge >= 0.3 is 0 Å². The molecule has 3 N–H and O–H groups in total. The van der Waals surface area contributed by atoms with Crippen molar-refractivity contribution >= 4 is 11.6 Å². The number of amides is 1. The summed E-state index contributed by atoms with van der Waals surface area (Å²) in [5, 5.41) is 9.15. The number of anilines is 1. The number of nitrogens with zero attached hydrogens (tertiary/aromatic N) is 1. The van der Waals surface area contributed by atoms with Crippen molar-refractivity contribution < 1.29 is 9.90 Å². The van der Waals surface area contributed by atoms with Crippen LogP contribution in [0.5, 0.6) is 0 Å². The number of aliphatic hydroxyl groups excluding tert-OH is 1. The minimum absolute atomic E-state index is 0.0781. The van der Waals surface area contributed by atoms with Crippen LogP contribution in [-0.4, -0.2) is 29.1 Å². The van der Waals surface area contributed by atoms with E-state index in [-0.39, 0.29) is 19.1 Å². The predicted molar refractivity (Wildman–Crippen MR) is 79.1 cm³/mol. The fourth-order valence-electron chi connectivity index (χ4n) is 2.04. The first-order valence-corrected chi connectivity index (χ1v) is 6.51. The van der Waals surface area contributed by atoms with Gasteiger partial charge in [-0.3, -0.25) is 4.79 Å². The van der Waals surface area contributed by atoms with E-state index in [0.717, 1.165) is 5.56 Å². The summed E-state index contributed by atoms with van der Waals surface area (Å²) in [5.41, 5.74) is 7.78. The molecule has 0 bridgehead atoms. The maximum Gasteiger partial charge on any atom is 0.256 e. The number of nitrogens with two attached hydrogens (primary N) is 1. The van der Waals surface area contributed by atoms with Crippen molar-refractivity contribution in [1.29, 1.82) is 0 Å². The van der Waals surface area contributed by atoms with Crippen LogP contribution < -0.4 is 5.73 Å². The van der Waals surface area contributed by atoms with Crippen LogP contribution in [0.1, 0.15) is 15.9 Å². The van der Waals surface area contributed by atoms with Gasteiger partial charge in [-0.05, 0) is 17.7 Å². The first-order chi connectivity index (χ1) is 9.72. The molecule has 0 aliphatic carbocycles. The van der Waals surface area contributed by atoms with Gasteiger partial charge < -0.3 is 15.7 Å². The highest BCUT2D eigenvalue weighted by Gasteiger charge is 2.17. The summed E-state index contributed by atoms with van der Waals surface area (Å²) in [7, 11) is 0. The maximum absolute atomic E-state index is 12.5. The first-order valence-electron chi connectivity index (χ1n) is 6.51. The van der Waals surface area contributed by atoms with Crippen molar-refractivity contribution in [3.05, 3.63) is 65.7 Å². The molecule has 2 rings (SSSR count). The van der Waals surface area contributed by atoms with Gasteiger partial charge in [0, 0.05) is 18.8 Å². The summed E-state index contributed by atoms with van der Waals surface area (Å²) in [5.74, 6) is -0.166. The van der Waals surface area contributed by atoms with E-state index < -0.39 is 0 Å². The van der Waals surface area contributed by atoms with E-state index in [9.17, 15) is 4.79 Å². The zero-order chi connectivity index (χ0) is 14.4. The van der Waals surface area contributed by atoms with E-state index in [1.807, 2.05) is 30.3 Å². The number of benzene rings is 2. The van der Waals surface area contributed by atoms with Crippen molar-refractivity contribution in [2.24, 2.45) is 0 Å². The summed E-state index contributed by atoms with van der Waals surface area (Å²) in [6, 6.07) is 16.7. The van der Waals surface area contributed by atoms with Crippen LogP contribution in [0.2, 0.25) is 0 Å². The molecule has 2 aromatic carbocycles. The summed E-state index contributed by atoms with van der Waals surface area (Å²) >= 11 is 0. The molecule has 0 aromatic heterocycles. The Bertz CT molecular complexity index is 570. The normalized spacial score (nSPS) is 10.2. The fraction of sp³-hybridized carbons (Fsp3) is 0.188. The highest BCUT2D eigenvalue weighted by molar-refractivity contribution is 5.99. The third-order valence-electron chi connectivity index (χ3n) is 3.06. The van der Waals surface area contributed by atoms with E-state index in [2.05, 4.69) is 0 Å². The van der Waals surface area contributed by atoms with Gasteiger partial charge in [0.25, 0.3) is 5.91 Å². The SMILES string of the molecule is Nc1ccccc1C(=O)N(CCO)Cc1ccccc1. The molecule has 0 aliphatic rings. The highest BCUT2D eigenvalue weighted by atomic mass is 16.3. The van der Waals surface area contributed by atoms with Gasteiger partial charge in [0.05, 0.1) is 12.2 Å². The average molecular weight is 270 g/mol. The van der Waals surface area contributed by atoms with Crippen LogP contribution in [0.4, 0.5) is 5.69 Å². The van der Waals surface area contributed by atoms with Gasteiger partial charge in [-0.25, -0.2) is 0 Å². The lowest BCUT2D eigenvalue weighted by Gasteiger charge is -2.22. The number of carbonyl (C=O) groups is 1. The molecule has 20 heavy (non-hydrogen) atoms. The molecule has 0 aliphatic heterocycles. The zero-order valence-electron chi connectivity index (χ0n) is 11.2. The Balaban J connectivity index is 2.20. The number of aliphatic hydroxyl groups is 1. The first kappa shape index (κ1) is 14.1. The number of hydrogen-bond acceptors (Lipinski definition) is 3. The van der Waals surface area contributed by atoms with Gasteiger partial charge in [0.1, 0.15) is 0 Å². The molecule has 0 heterocycles. The molecule has 2 aromatic rings. The molecule has 4 nitrogen and oxygen atoms in total. The molecule has 0 unspecified atom stereocenters. The Kier molecular flexibility index (Phi) is 4.74. The second-order valence-corrected chi connectivity index (χ2v) is 4.52. The second-order valence-electron chi connectivity index (χ2n) is 4.52. The Morgan fingerprint density at radius 3 is 2.35 bits per heavy atom. The summed E-state index contributed by atoms with van der Waals surface area (Å²) in [4.78, 5) is 14.1. The third-order valence-corrected chi connectivity index (χ3v) is 3.06. The molecule has 0 spiro atoms. The predicted octanol–water partition coefficient (Wildman–Crippen LogP) is 1.90. The Hall–Kier alpha value is -2.33. The van der Waals surface area contributed by atoms with Gasteiger partial charge in [-0.2, -0.15) is 0 Å². The van der Waals surface area contributed by atoms with Crippen LogP contribution >= 0.6 is 0 Å². The largest absolute Gasteiger partial charge is 0.398 e. The lowest BCUT2D eigenvalue weighted by Crippen LogP contribution is -2.33. The molecule has 0 saturated carbocycles. The van der Waals surface area contributed by atoms with Crippen molar-refractivity contribution in [2.75, 3.05) is 18.9 Å². The topological polar surface area (TPSA) is 66.6 Å². The maximum atomic E-state index is 12.5. The minimum atomic E-state index is -0.166. The molecular formula is C16H18N2O2. The highest BCUT2D eigenvalue weighted by Crippen LogP contribution is 2.15. The van der Waals surface area contributed by atoms with Crippen molar-refractivity contribution in [3.8, 4) is 0 Å². The van der Waals surface area contributed by atoms with E-state index in [0.29, 0.717) is 17.8 Å². The summed E-state index contributed by atoms with van der Waals surface area (Å²) in [6.07, 6.45) is 0. The second kappa shape index (κ2) is 6.73. The molecule has 0 fully saturated rings. The number of carbonyl (C=O) groups excluding carboxylic acids is 1.